The highest BCUT2D eigenvalue weighted by Gasteiger charge is 2.32. The molecule has 1 saturated carbocycles. The van der Waals surface area contributed by atoms with E-state index >= 15 is 0 Å². The molecule has 2 rings (SSSR count). The molecule has 3 atom stereocenters. The smallest absolute Gasteiger partial charge is 0.0141 e. The first-order chi connectivity index (χ1) is 9.26. The lowest BCUT2D eigenvalue weighted by atomic mass is 9.78. The van der Waals surface area contributed by atoms with Gasteiger partial charge in [-0.2, -0.15) is 0 Å². The summed E-state index contributed by atoms with van der Waals surface area (Å²) in [5, 5.41) is 3.77. The van der Waals surface area contributed by atoms with Crippen LogP contribution in [0.1, 0.15) is 57.9 Å². The maximum atomic E-state index is 3.77. The molecule has 0 spiro atoms. The number of benzene rings is 1. The van der Waals surface area contributed by atoms with E-state index in [9.17, 15) is 0 Å². The van der Waals surface area contributed by atoms with E-state index in [0.717, 1.165) is 18.4 Å². The molecular weight excluding hydrogens is 230 g/mol. The van der Waals surface area contributed by atoms with E-state index in [-0.39, 0.29) is 0 Å². The van der Waals surface area contributed by atoms with Crippen molar-refractivity contribution in [2.75, 3.05) is 6.54 Å². The lowest BCUT2D eigenvalue weighted by Gasteiger charge is -2.33. The number of hydrogen-bond acceptors (Lipinski definition) is 1. The Bertz CT molecular complexity index is 355. The maximum absolute atomic E-state index is 3.77. The van der Waals surface area contributed by atoms with Gasteiger partial charge >= 0.3 is 0 Å². The minimum absolute atomic E-state index is 0.648. The normalized spacial score (nSPS) is 19.9. The van der Waals surface area contributed by atoms with Crippen LogP contribution in [0.15, 0.2) is 30.3 Å². The third-order valence-corrected chi connectivity index (χ3v) is 4.63. The molecule has 0 amide bonds. The summed E-state index contributed by atoms with van der Waals surface area (Å²) in [5.74, 6) is 2.39. The molecule has 1 heteroatoms. The third-order valence-electron chi connectivity index (χ3n) is 4.63. The van der Waals surface area contributed by atoms with Gasteiger partial charge < -0.3 is 5.32 Å². The van der Waals surface area contributed by atoms with Gasteiger partial charge in [0.2, 0.25) is 0 Å². The lowest BCUT2D eigenvalue weighted by Crippen LogP contribution is -2.38. The van der Waals surface area contributed by atoms with Gasteiger partial charge in [-0.25, -0.2) is 0 Å². The largest absolute Gasteiger partial charge is 0.314 e. The van der Waals surface area contributed by atoms with Crippen LogP contribution in [0.3, 0.4) is 0 Å². The molecule has 1 aromatic rings. The first-order valence-corrected chi connectivity index (χ1v) is 8.04. The van der Waals surface area contributed by atoms with Crippen LogP contribution in [0.4, 0.5) is 0 Å². The SMILES string of the molecule is CCNC(CC1CC1)C(c1ccccc1)C(C)CC. The molecule has 0 bridgehead atoms. The van der Waals surface area contributed by atoms with Gasteiger partial charge in [-0.05, 0) is 30.4 Å². The van der Waals surface area contributed by atoms with Gasteiger partial charge in [0.15, 0.2) is 0 Å². The van der Waals surface area contributed by atoms with E-state index in [1.807, 2.05) is 0 Å². The number of nitrogens with one attached hydrogen (secondary N) is 1. The molecule has 0 aliphatic heterocycles. The predicted molar refractivity (Wildman–Crippen MR) is 83.4 cm³/mol. The molecule has 0 aromatic heterocycles. The summed E-state index contributed by atoms with van der Waals surface area (Å²) < 4.78 is 0. The van der Waals surface area contributed by atoms with Gasteiger partial charge in [-0.15, -0.1) is 0 Å². The van der Waals surface area contributed by atoms with Gasteiger partial charge in [0, 0.05) is 12.0 Å². The van der Waals surface area contributed by atoms with Gasteiger partial charge in [-0.1, -0.05) is 70.4 Å². The lowest BCUT2D eigenvalue weighted by molar-refractivity contribution is 0.315. The second-order valence-electron chi connectivity index (χ2n) is 6.17. The highest BCUT2D eigenvalue weighted by Crippen LogP contribution is 2.39. The van der Waals surface area contributed by atoms with Crippen molar-refractivity contribution in [2.45, 2.75) is 58.4 Å². The summed E-state index contributed by atoms with van der Waals surface area (Å²) in [6, 6.07) is 11.8. The average molecular weight is 259 g/mol. The quantitative estimate of drug-likeness (QED) is 0.719. The van der Waals surface area contributed by atoms with Crippen molar-refractivity contribution in [1.82, 2.24) is 5.32 Å². The summed E-state index contributed by atoms with van der Waals surface area (Å²) in [6.45, 7) is 8.05. The van der Waals surface area contributed by atoms with Crippen LogP contribution in [0.2, 0.25) is 0 Å². The Morgan fingerprint density at radius 3 is 2.37 bits per heavy atom. The van der Waals surface area contributed by atoms with Crippen molar-refractivity contribution in [3.05, 3.63) is 35.9 Å². The topological polar surface area (TPSA) is 12.0 Å². The summed E-state index contributed by atoms with van der Waals surface area (Å²) in [6.07, 6.45) is 5.51. The molecule has 0 heterocycles. The van der Waals surface area contributed by atoms with Gasteiger partial charge in [0.1, 0.15) is 0 Å². The zero-order valence-electron chi connectivity index (χ0n) is 12.7. The molecule has 0 saturated heterocycles. The zero-order valence-corrected chi connectivity index (χ0v) is 12.7. The summed E-state index contributed by atoms with van der Waals surface area (Å²) in [5.41, 5.74) is 1.52. The Kier molecular flexibility index (Phi) is 5.45. The summed E-state index contributed by atoms with van der Waals surface area (Å²) >= 11 is 0. The molecule has 1 aliphatic carbocycles. The average Bonchev–Trinajstić information content (AvgIpc) is 3.24. The van der Waals surface area contributed by atoms with E-state index < -0.39 is 0 Å². The van der Waals surface area contributed by atoms with Gasteiger partial charge in [-0.3, -0.25) is 0 Å². The van der Waals surface area contributed by atoms with Crippen molar-refractivity contribution in [1.29, 1.82) is 0 Å². The van der Waals surface area contributed by atoms with Crippen LogP contribution in [0, 0.1) is 11.8 Å². The van der Waals surface area contributed by atoms with Gasteiger partial charge in [0.25, 0.3) is 0 Å². The monoisotopic (exact) mass is 259 g/mol. The number of hydrogen-bond donors (Lipinski definition) is 1. The van der Waals surface area contributed by atoms with Crippen LogP contribution in [-0.2, 0) is 0 Å². The molecule has 0 radical (unpaired) electrons. The number of rotatable bonds is 8. The highest BCUT2D eigenvalue weighted by molar-refractivity contribution is 5.22. The second kappa shape index (κ2) is 7.09. The molecule has 19 heavy (non-hydrogen) atoms. The van der Waals surface area contributed by atoms with E-state index in [4.69, 9.17) is 0 Å². The fourth-order valence-electron chi connectivity index (χ4n) is 3.22. The molecule has 3 unspecified atom stereocenters. The van der Waals surface area contributed by atoms with E-state index in [0.29, 0.717) is 12.0 Å². The van der Waals surface area contributed by atoms with Crippen molar-refractivity contribution in [3.8, 4) is 0 Å². The van der Waals surface area contributed by atoms with Crippen molar-refractivity contribution in [3.63, 3.8) is 0 Å². The highest BCUT2D eigenvalue weighted by atomic mass is 14.9. The number of likely N-dealkylation sites (N-methyl/N-ethyl adjacent to an activating group) is 1. The first-order valence-electron chi connectivity index (χ1n) is 8.04. The van der Waals surface area contributed by atoms with E-state index in [1.165, 1.54) is 31.2 Å². The molecule has 1 aliphatic rings. The standard InChI is InChI=1S/C18H29N/c1-4-14(3)18(16-9-7-6-8-10-16)17(19-5-2)13-15-11-12-15/h6-10,14-15,17-19H,4-5,11-13H2,1-3H3. The molecular formula is C18H29N. The van der Waals surface area contributed by atoms with Gasteiger partial charge in [0.05, 0.1) is 0 Å². The fraction of sp³-hybridized carbons (Fsp3) is 0.667. The second-order valence-corrected chi connectivity index (χ2v) is 6.17. The summed E-state index contributed by atoms with van der Waals surface area (Å²) in [7, 11) is 0. The Morgan fingerprint density at radius 1 is 1.16 bits per heavy atom. The maximum Gasteiger partial charge on any atom is 0.0141 e. The summed E-state index contributed by atoms with van der Waals surface area (Å²) in [4.78, 5) is 0. The van der Waals surface area contributed by atoms with Crippen LogP contribution in [-0.4, -0.2) is 12.6 Å². The van der Waals surface area contributed by atoms with E-state index in [2.05, 4.69) is 56.4 Å². The minimum atomic E-state index is 0.648. The Hall–Kier alpha value is -0.820. The third kappa shape index (κ3) is 4.07. The van der Waals surface area contributed by atoms with Crippen LogP contribution < -0.4 is 5.32 Å². The Labute approximate surface area is 118 Å². The van der Waals surface area contributed by atoms with Crippen molar-refractivity contribution < 1.29 is 0 Å². The molecule has 1 N–H and O–H groups in total. The van der Waals surface area contributed by atoms with Crippen LogP contribution in [0.5, 0.6) is 0 Å². The molecule has 1 nitrogen and oxygen atoms in total. The minimum Gasteiger partial charge on any atom is -0.314 e. The molecule has 1 aromatic carbocycles. The van der Waals surface area contributed by atoms with Crippen LogP contribution >= 0.6 is 0 Å². The fourth-order valence-corrected chi connectivity index (χ4v) is 3.22. The molecule has 106 valence electrons. The zero-order chi connectivity index (χ0) is 13.7. The van der Waals surface area contributed by atoms with Crippen molar-refractivity contribution >= 4 is 0 Å². The predicted octanol–water partition coefficient (Wildman–Crippen LogP) is 4.59. The van der Waals surface area contributed by atoms with Crippen LogP contribution in [0.25, 0.3) is 0 Å². The Morgan fingerprint density at radius 2 is 1.84 bits per heavy atom. The molecule has 1 fully saturated rings. The first kappa shape index (κ1) is 14.6. The van der Waals surface area contributed by atoms with E-state index in [1.54, 1.807) is 0 Å². The Balaban J connectivity index is 2.18. The van der Waals surface area contributed by atoms with Crippen molar-refractivity contribution in [2.24, 2.45) is 11.8 Å².